The molecule has 1 amide bonds. The molecule has 166 valence electrons. The Morgan fingerprint density at radius 1 is 0.853 bits per heavy atom. The molecule has 0 atom stereocenters. The minimum Gasteiger partial charge on any atom is -0.496 e. The zero-order chi connectivity index (χ0) is 23.3. The second-order valence-corrected chi connectivity index (χ2v) is 7.39. The maximum absolute atomic E-state index is 12.6. The van der Waals surface area contributed by atoms with Crippen molar-refractivity contribution >= 4 is 22.5 Å². The van der Waals surface area contributed by atoms with Crippen molar-refractivity contribution in [1.82, 2.24) is 15.0 Å². The lowest BCUT2D eigenvalue weighted by Gasteiger charge is -2.11. The molecule has 0 fully saturated rings. The minimum atomic E-state index is -0.256. The third-order valence-electron chi connectivity index (χ3n) is 5.17. The van der Waals surface area contributed by atoms with Crippen LogP contribution in [0.1, 0.15) is 10.4 Å². The van der Waals surface area contributed by atoms with E-state index in [1.807, 2.05) is 42.5 Å². The van der Waals surface area contributed by atoms with Crippen LogP contribution in [0.15, 0.2) is 97.3 Å². The third-order valence-corrected chi connectivity index (χ3v) is 5.17. The van der Waals surface area contributed by atoms with Crippen LogP contribution in [-0.4, -0.2) is 28.0 Å². The van der Waals surface area contributed by atoms with Gasteiger partial charge in [0.25, 0.3) is 5.91 Å². The molecule has 2 aromatic heterocycles. The van der Waals surface area contributed by atoms with Crippen LogP contribution in [0.25, 0.3) is 22.3 Å². The van der Waals surface area contributed by atoms with Crippen LogP contribution in [-0.2, 0) is 0 Å². The average Bonchev–Trinajstić information content (AvgIpc) is 2.90. The monoisotopic (exact) mass is 448 g/mol. The van der Waals surface area contributed by atoms with E-state index >= 15 is 0 Å². The second kappa shape index (κ2) is 9.38. The molecule has 3 aromatic carbocycles. The molecule has 0 aliphatic carbocycles. The van der Waals surface area contributed by atoms with Crippen LogP contribution in [0.2, 0.25) is 0 Å². The van der Waals surface area contributed by atoms with Gasteiger partial charge >= 0.3 is 0 Å². The van der Waals surface area contributed by atoms with Crippen molar-refractivity contribution in [3.63, 3.8) is 0 Å². The highest BCUT2D eigenvalue weighted by atomic mass is 16.5. The summed E-state index contributed by atoms with van der Waals surface area (Å²) in [7, 11) is 1.54. The third kappa shape index (κ3) is 4.40. The first-order valence-electron chi connectivity index (χ1n) is 10.6. The fraction of sp³-hybridized carbons (Fsp3) is 0.0370. The van der Waals surface area contributed by atoms with Crippen molar-refractivity contribution in [2.45, 2.75) is 0 Å². The van der Waals surface area contributed by atoms with Crippen molar-refractivity contribution in [3.05, 3.63) is 103 Å². The largest absolute Gasteiger partial charge is 0.496 e. The first kappa shape index (κ1) is 21.1. The van der Waals surface area contributed by atoms with Crippen molar-refractivity contribution in [1.29, 1.82) is 0 Å². The lowest BCUT2D eigenvalue weighted by molar-refractivity contribution is 0.102. The normalized spacial score (nSPS) is 10.6. The molecule has 0 aliphatic heterocycles. The topological polar surface area (TPSA) is 86.2 Å². The number of ether oxygens (including phenoxy) is 2. The van der Waals surface area contributed by atoms with Gasteiger partial charge in [-0.1, -0.05) is 24.3 Å². The van der Waals surface area contributed by atoms with Crippen LogP contribution in [0.4, 0.5) is 5.69 Å². The molecule has 2 heterocycles. The predicted molar refractivity (Wildman–Crippen MR) is 130 cm³/mol. The number of pyridine rings is 1. The lowest BCUT2D eigenvalue weighted by atomic mass is 10.2. The van der Waals surface area contributed by atoms with Gasteiger partial charge in [0, 0.05) is 23.6 Å². The number of anilines is 1. The van der Waals surface area contributed by atoms with E-state index in [0.29, 0.717) is 34.5 Å². The second-order valence-electron chi connectivity index (χ2n) is 7.39. The Bertz CT molecular complexity index is 1450. The Morgan fingerprint density at radius 3 is 2.44 bits per heavy atom. The molecule has 0 radical (unpaired) electrons. The average molecular weight is 448 g/mol. The molecular formula is C27H20N4O3. The van der Waals surface area contributed by atoms with Crippen molar-refractivity contribution in [3.8, 4) is 28.8 Å². The fourth-order valence-corrected chi connectivity index (χ4v) is 3.50. The number of aromatic nitrogens is 3. The summed E-state index contributed by atoms with van der Waals surface area (Å²) in [6, 6.07) is 25.6. The molecule has 0 saturated heterocycles. The van der Waals surface area contributed by atoms with Gasteiger partial charge < -0.3 is 14.8 Å². The number of hydrogen-bond acceptors (Lipinski definition) is 6. The fourth-order valence-electron chi connectivity index (χ4n) is 3.50. The molecule has 0 aliphatic rings. The van der Waals surface area contributed by atoms with Crippen LogP contribution >= 0.6 is 0 Å². The van der Waals surface area contributed by atoms with Gasteiger partial charge in [0.2, 0.25) is 5.88 Å². The number of rotatable bonds is 6. The van der Waals surface area contributed by atoms with Crippen LogP contribution < -0.4 is 14.8 Å². The highest BCUT2D eigenvalue weighted by Crippen LogP contribution is 2.30. The summed E-state index contributed by atoms with van der Waals surface area (Å²) in [5.41, 5.74) is 2.66. The minimum absolute atomic E-state index is 0.256. The number of methoxy groups -OCH3 is 1. The maximum atomic E-state index is 12.6. The predicted octanol–water partition coefficient (Wildman–Crippen LogP) is 5.75. The van der Waals surface area contributed by atoms with Crippen LogP contribution in [0.5, 0.6) is 17.4 Å². The summed E-state index contributed by atoms with van der Waals surface area (Å²) < 4.78 is 11.4. The smallest absolute Gasteiger partial charge is 0.259 e. The Hall–Kier alpha value is -4.78. The molecule has 34 heavy (non-hydrogen) atoms. The molecule has 0 unspecified atom stereocenters. The highest BCUT2D eigenvalue weighted by molar-refractivity contribution is 6.06. The Balaban J connectivity index is 1.40. The molecule has 5 aromatic rings. The van der Waals surface area contributed by atoms with E-state index in [1.54, 1.807) is 54.9 Å². The molecular weight excluding hydrogens is 428 g/mol. The molecule has 1 N–H and O–H groups in total. The van der Waals surface area contributed by atoms with Crippen LogP contribution in [0, 0.1) is 0 Å². The quantitative estimate of drug-likeness (QED) is 0.356. The summed E-state index contributed by atoms with van der Waals surface area (Å²) in [6.45, 7) is 0. The number of para-hydroxylation sites is 2. The zero-order valence-electron chi connectivity index (χ0n) is 18.3. The van der Waals surface area contributed by atoms with Gasteiger partial charge in [0.15, 0.2) is 5.82 Å². The van der Waals surface area contributed by atoms with Crippen molar-refractivity contribution < 1.29 is 14.3 Å². The van der Waals surface area contributed by atoms with E-state index in [1.165, 1.54) is 7.11 Å². The number of benzene rings is 3. The Kier molecular flexibility index (Phi) is 5.82. The Morgan fingerprint density at radius 2 is 1.65 bits per heavy atom. The van der Waals surface area contributed by atoms with Crippen molar-refractivity contribution in [2.75, 3.05) is 12.4 Å². The van der Waals surface area contributed by atoms with Crippen molar-refractivity contribution in [2.24, 2.45) is 0 Å². The number of fused-ring (bicyclic) bond motifs is 1. The van der Waals surface area contributed by atoms with E-state index in [0.717, 1.165) is 16.5 Å². The molecule has 5 rings (SSSR count). The highest BCUT2D eigenvalue weighted by Gasteiger charge is 2.13. The summed E-state index contributed by atoms with van der Waals surface area (Å²) in [5, 5.41) is 3.67. The molecule has 7 heteroatoms. The van der Waals surface area contributed by atoms with Gasteiger partial charge in [-0.3, -0.25) is 9.78 Å². The standard InChI is InChI=1S/C27H20N4O3/c1-33-24-11-5-3-9-22(24)26(32)29-19-12-14-20(15-13-19)34-27-21-8-2-4-10-23(21)30-25(31-27)18-7-6-16-28-17-18/h2-17H,1H3,(H,29,32). The lowest BCUT2D eigenvalue weighted by Crippen LogP contribution is -2.12. The van der Waals surface area contributed by atoms with Crippen LogP contribution in [0.3, 0.4) is 0 Å². The van der Waals surface area contributed by atoms with E-state index in [-0.39, 0.29) is 5.91 Å². The van der Waals surface area contributed by atoms with Gasteiger partial charge in [-0.2, -0.15) is 4.98 Å². The number of amides is 1. The molecule has 7 nitrogen and oxygen atoms in total. The van der Waals surface area contributed by atoms with E-state index < -0.39 is 0 Å². The summed E-state index contributed by atoms with van der Waals surface area (Å²) in [6.07, 6.45) is 3.42. The van der Waals surface area contributed by atoms with Gasteiger partial charge in [-0.05, 0) is 60.7 Å². The first-order valence-corrected chi connectivity index (χ1v) is 10.6. The summed E-state index contributed by atoms with van der Waals surface area (Å²) in [5.74, 6) is 1.81. The van der Waals surface area contributed by atoms with E-state index in [9.17, 15) is 4.79 Å². The number of nitrogens with one attached hydrogen (secondary N) is 1. The van der Waals surface area contributed by atoms with Gasteiger partial charge in [0.1, 0.15) is 11.5 Å². The molecule has 0 spiro atoms. The van der Waals surface area contributed by atoms with Gasteiger partial charge in [-0.25, -0.2) is 4.98 Å². The summed E-state index contributed by atoms with van der Waals surface area (Å²) in [4.78, 5) is 26.1. The maximum Gasteiger partial charge on any atom is 0.259 e. The van der Waals surface area contributed by atoms with E-state index in [4.69, 9.17) is 9.47 Å². The molecule has 0 saturated carbocycles. The van der Waals surface area contributed by atoms with Gasteiger partial charge in [-0.15, -0.1) is 0 Å². The SMILES string of the molecule is COc1ccccc1C(=O)Nc1ccc(Oc2nc(-c3cccnc3)nc3ccccc23)cc1. The number of carbonyl (C=O) groups is 1. The zero-order valence-corrected chi connectivity index (χ0v) is 18.3. The first-order chi connectivity index (χ1) is 16.7. The summed E-state index contributed by atoms with van der Waals surface area (Å²) >= 11 is 0. The van der Waals surface area contributed by atoms with Gasteiger partial charge in [0.05, 0.1) is 23.6 Å². The van der Waals surface area contributed by atoms with E-state index in [2.05, 4.69) is 20.3 Å². The number of hydrogen-bond donors (Lipinski definition) is 1. The number of carbonyl (C=O) groups excluding carboxylic acids is 1. The number of nitrogens with zero attached hydrogens (tertiary/aromatic N) is 3. The Labute approximate surface area is 196 Å². The molecule has 0 bridgehead atoms.